The van der Waals surface area contributed by atoms with Crippen LogP contribution in [-0.4, -0.2) is 32.2 Å². The molecule has 0 fully saturated rings. The van der Waals surface area contributed by atoms with E-state index in [1.54, 1.807) is 0 Å². The summed E-state index contributed by atoms with van der Waals surface area (Å²) in [6, 6.07) is 1.92. The molecule has 1 rings (SSSR count). The van der Waals surface area contributed by atoms with Crippen molar-refractivity contribution in [2.75, 3.05) is 19.3 Å². The molecular weight excluding hydrogens is 329 g/mol. The Balaban J connectivity index is 3.29. The Morgan fingerprint density at radius 1 is 1.50 bits per heavy atom. The summed E-state index contributed by atoms with van der Waals surface area (Å²) in [5, 5.41) is 0. The van der Waals surface area contributed by atoms with Crippen molar-refractivity contribution in [1.29, 1.82) is 0 Å². The number of nitrogens with two attached hydrogens (primary N) is 2. The number of amides is 1. The van der Waals surface area contributed by atoms with Crippen LogP contribution in [0.15, 0.2) is 21.5 Å². The summed E-state index contributed by atoms with van der Waals surface area (Å²) in [5.41, 5.74) is 9.93. The number of rotatable bonds is 4. The Labute approximate surface area is 112 Å². The molecule has 0 heterocycles. The second-order valence-electron chi connectivity index (χ2n) is 3.53. The Morgan fingerprint density at radius 3 is 2.56 bits per heavy atom. The topological polar surface area (TPSA) is 106 Å². The second-order valence-corrected chi connectivity index (χ2v) is 6.40. The quantitative estimate of drug-likeness (QED) is 0.768. The summed E-state index contributed by atoms with van der Waals surface area (Å²) in [6.45, 7) is -0.480. The molecule has 100 valence electrons. The third kappa shape index (κ3) is 2.98. The molecule has 1 aromatic carbocycles. The van der Waals surface area contributed by atoms with E-state index in [1.165, 1.54) is 7.05 Å². The Hall–Kier alpha value is -1.19. The minimum atomic E-state index is -3.97. The van der Waals surface area contributed by atoms with Gasteiger partial charge in [0.25, 0.3) is 0 Å². The highest BCUT2D eigenvalue weighted by Gasteiger charge is 2.25. The Kier molecular flexibility index (Phi) is 4.30. The molecule has 0 aliphatic carbocycles. The zero-order chi connectivity index (χ0) is 14.1. The van der Waals surface area contributed by atoms with Crippen molar-refractivity contribution in [2.24, 2.45) is 5.73 Å². The van der Waals surface area contributed by atoms with Gasteiger partial charge in [-0.15, -0.1) is 0 Å². The van der Waals surface area contributed by atoms with E-state index < -0.39 is 28.3 Å². The lowest BCUT2D eigenvalue weighted by Crippen LogP contribution is -2.35. The molecule has 18 heavy (non-hydrogen) atoms. The standard InChI is InChI=1S/C9H11BrFN3O3S/c1-14(4-9(13)15)18(16,17)8-3-7(12)6(11)2-5(8)10/h2-3H,4,12H2,1H3,(H2,13,15). The van der Waals surface area contributed by atoms with Crippen molar-refractivity contribution >= 4 is 37.5 Å². The third-order valence-corrected chi connectivity index (χ3v) is 4.88. The lowest BCUT2D eigenvalue weighted by Gasteiger charge is -2.16. The average molecular weight is 340 g/mol. The summed E-state index contributed by atoms with van der Waals surface area (Å²) < 4.78 is 38.0. The van der Waals surface area contributed by atoms with Crippen LogP contribution in [0.1, 0.15) is 0 Å². The van der Waals surface area contributed by atoms with Gasteiger partial charge in [0.05, 0.1) is 17.1 Å². The molecular formula is C9H11BrFN3O3S. The number of primary amides is 1. The summed E-state index contributed by atoms with van der Waals surface area (Å²) >= 11 is 2.93. The summed E-state index contributed by atoms with van der Waals surface area (Å²) in [5.74, 6) is -1.54. The van der Waals surface area contributed by atoms with Crippen LogP contribution >= 0.6 is 15.9 Å². The normalized spacial score (nSPS) is 11.8. The molecule has 1 aromatic rings. The maximum Gasteiger partial charge on any atom is 0.244 e. The van der Waals surface area contributed by atoms with Gasteiger partial charge in [0.1, 0.15) is 5.82 Å². The van der Waals surface area contributed by atoms with E-state index in [-0.39, 0.29) is 15.1 Å². The minimum Gasteiger partial charge on any atom is -0.396 e. The van der Waals surface area contributed by atoms with Gasteiger partial charge in [-0.05, 0) is 28.1 Å². The summed E-state index contributed by atoms with van der Waals surface area (Å²) in [7, 11) is -2.78. The molecule has 0 aliphatic rings. The van der Waals surface area contributed by atoms with Crippen LogP contribution in [0.4, 0.5) is 10.1 Å². The number of nitrogen functional groups attached to an aromatic ring is 1. The SMILES string of the molecule is CN(CC(N)=O)S(=O)(=O)c1cc(N)c(F)cc1Br. The molecule has 0 bridgehead atoms. The molecule has 0 radical (unpaired) electrons. The van der Waals surface area contributed by atoms with Crippen LogP contribution < -0.4 is 11.5 Å². The molecule has 0 spiro atoms. The predicted molar refractivity (Wildman–Crippen MR) is 67.5 cm³/mol. The first-order chi connectivity index (χ1) is 8.16. The van der Waals surface area contributed by atoms with E-state index in [0.717, 1.165) is 16.4 Å². The van der Waals surface area contributed by atoms with Crippen molar-refractivity contribution in [2.45, 2.75) is 4.90 Å². The molecule has 0 saturated heterocycles. The number of sulfonamides is 1. The minimum absolute atomic E-state index is 0.0190. The molecule has 0 unspecified atom stereocenters. The van der Waals surface area contributed by atoms with Crippen LogP contribution in [-0.2, 0) is 14.8 Å². The Bertz CT molecular complexity index is 591. The number of nitrogens with zero attached hydrogens (tertiary/aromatic N) is 1. The van der Waals surface area contributed by atoms with E-state index in [4.69, 9.17) is 11.5 Å². The lowest BCUT2D eigenvalue weighted by atomic mass is 10.3. The van der Waals surface area contributed by atoms with E-state index in [2.05, 4.69) is 15.9 Å². The highest BCUT2D eigenvalue weighted by Crippen LogP contribution is 2.28. The van der Waals surface area contributed by atoms with Gasteiger partial charge in [-0.3, -0.25) is 4.79 Å². The maximum absolute atomic E-state index is 13.1. The highest BCUT2D eigenvalue weighted by molar-refractivity contribution is 9.10. The van der Waals surface area contributed by atoms with Gasteiger partial charge in [-0.25, -0.2) is 12.8 Å². The molecule has 0 aliphatic heterocycles. The van der Waals surface area contributed by atoms with E-state index >= 15 is 0 Å². The number of hydrogen-bond acceptors (Lipinski definition) is 4. The zero-order valence-corrected chi connectivity index (χ0v) is 11.8. The fourth-order valence-corrected chi connectivity index (χ4v) is 3.36. The first-order valence-electron chi connectivity index (χ1n) is 4.65. The van der Waals surface area contributed by atoms with Crippen molar-refractivity contribution in [3.05, 3.63) is 22.4 Å². The molecule has 9 heteroatoms. The third-order valence-electron chi connectivity index (χ3n) is 2.12. The van der Waals surface area contributed by atoms with Gasteiger partial charge in [0.2, 0.25) is 15.9 Å². The summed E-state index contributed by atoms with van der Waals surface area (Å²) in [6.07, 6.45) is 0. The van der Waals surface area contributed by atoms with Crippen molar-refractivity contribution in [3.8, 4) is 0 Å². The number of likely N-dealkylation sites (N-methyl/N-ethyl adjacent to an activating group) is 1. The van der Waals surface area contributed by atoms with Gasteiger partial charge in [-0.2, -0.15) is 4.31 Å². The van der Waals surface area contributed by atoms with Crippen LogP contribution in [0.5, 0.6) is 0 Å². The monoisotopic (exact) mass is 339 g/mol. The largest absolute Gasteiger partial charge is 0.396 e. The zero-order valence-electron chi connectivity index (χ0n) is 9.35. The molecule has 6 nitrogen and oxygen atoms in total. The molecule has 0 aromatic heterocycles. The van der Waals surface area contributed by atoms with Crippen molar-refractivity contribution in [3.63, 3.8) is 0 Å². The van der Waals surface area contributed by atoms with Gasteiger partial charge in [-0.1, -0.05) is 0 Å². The lowest BCUT2D eigenvalue weighted by molar-refractivity contribution is -0.118. The molecule has 1 amide bonds. The van der Waals surface area contributed by atoms with E-state index in [0.29, 0.717) is 0 Å². The highest BCUT2D eigenvalue weighted by atomic mass is 79.9. The first-order valence-corrected chi connectivity index (χ1v) is 6.88. The number of carbonyl (C=O) groups excluding carboxylic acids is 1. The summed E-state index contributed by atoms with van der Waals surface area (Å²) in [4.78, 5) is 10.5. The van der Waals surface area contributed by atoms with E-state index in [9.17, 15) is 17.6 Å². The number of anilines is 1. The first kappa shape index (κ1) is 14.9. The van der Waals surface area contributed by atoms with Crippen molar-refractivity contribution in [1.82, 2.24) is 4.31 Å². The molecule has 0 saturated carbocycles. The van der Waals surface area contributed by atoms with Gasteiger partial charge in [0.15, 0.2) is 0 Å². The van der Waals surface area contributed by atoms with E-state index in [1.807, 2.05) is 0 Å². The molecule has 0 atom stereocenters. The predicted octanol–water partition coefficient (Wildman–Crippen LogP) is 0.276. The smallest absolute Gasteiger partial charge is 0.244 e. The van der Waals surface area contributed by atoms with Gasteiger partial charge < -0.3 is 11.5 Å². The van der Waals surface area contributed by atoms with Gasteiger partial charge in [0, 0.05) is 11.5 Å². The van der Waals surface area contributed by atoms with Crippen molar-refractivity contribution < 1.29 is 17.6 Å². The number of halogens is 2. The number of carbonyl (C=O) groups is 1. The second kappa shape index (κ2) is 5.21. The van der Waals surface area contributed by atoms with Gasteiger partial charge >= 0.3 is 0 Å². The van der Waals surface area contributed by atoms with Crippen LogP contribution in [0.2, 0.25) is 0 Å². The molecule has 4 N–H and O–H groups in total. The fourth-order valence-electron chi connectivity index (χ4n) is 1.21. The van der Waals surface area contributed by atoms with Crippen LogP contribution in [0, 0.1) is 5.82 Å². The Morgan fingerprint density at radius 2 is 2.06 bits per heavy atom. The number of hydrogen-bond donors (Lipinski definition) is 2. The maximum atomic E-state index is 13.1. The fraction of sp³-hybridized carbons (Fsp3) is 0.222. The van der Waals surface area contributed by atoms with Crippen LogP contribution in [0.3, 0.4) is 0 Å². The number of benzene rings is 1. The van der Waals surface area contributed by atoms with Crippen LogP contribution in [0.25, 0.3) is 0 Å². The average Bonchev–Trinajstić information content (AvgIpc) is 2.22.